The van der Waals surface area contributed by atoms with Crippen molar-refractivity contribution in [1.29, 1.82) is 0 Å². The van der Waals surface area contributed by atoms with E-state index in [4.69, 9.17) is 0 Å². The molecule has 0 spiro atoms. The van der Waals surface area contributed by atoms with Crippen molar-refractivity contribution in [3.8, 4) is 0 Å². The van der Waals surface area contributed by atoms with E-state index in [0.717, 1.165) is 11.8 Å². The number of allylic oxidation sites excluding steroid dienone is 6. The highest BCUT2D eigenvalue weighted by molar-refractivity contribution is 5.31. The second-order valence-electron chi connectivity index (χ2n) is 6.83. The predicted molar refractivity (Wildman–Crippen MR) is 89.8 cm³/mol. The van der Waals surface area contributed by atoms with Crippen molar-refractivity contribution < 1.29 is 0 Å². The number of hydrogen-bond acceptors (Lipinski definition) is 0. The van der Waals surface area contributed by atoms with E-state index in [-0.39, 0.29) is 0 Å². The van der Waals surface area contributed by atoms with Gasteiger partial charge in [0, 0.05) is 0 Å². The normalized spacial score (nSPS) is 24.8. The first-order chi connectivity index (χ1) is 9.70. The lowest BCUT2D eigenvalue weighted by atomic mass is 9.84. The van der Waals surface area contributed by atoms with Crippen LogP contribution >= 0.6 is 0 Å². The smallest absolute Gasteiger partial charge is 0.00442 e. The van der Waals surface area contributed by atoms with Crippen molar-refractivity contribution in [2.24, 2.45) is 11.8 Å². The summed E-state index contributed by atoms with van der Waals surface area (Å²) in [5.41, 5.74) is 4.86. The molecule has 0 aliphatic heterocycles. The lowest BCUT2D eigenvalue weighted by Crippen LogP contribution is -2.07. The van der Waals surface area contributed by atoms with E-state index in [1.807, 2.05) is 0 Å². The maximum absolute atomic E-state index is 2.57. The van der Waals surface area contributed by atoms with E-state index in [2.05, 4.69) is 39.0 Å². The maximum atomic E-state index is 2.57. The highest BCUT2D eigenvalue weighted by Crippen LogP contribution is 2.35. The minimum absolute atomic E-state index is 0.724. The first-order valence-electron chi connectivity index (χ1n) is 8.75. The van der Waals surface area contributed by atoms with Crippen LogP contribution in [0.25, 0.3) is 0 Å². The Morgan fingerprint density at radius 2 is 1.85 bits per heavy atom. The molecule has 112 valence electrons. The fourth-order valence-corrected chi connectivity index (χ4v) is 3.60. The van der Waals surface area contributed by atoms with Crippen molar-refractivity contribution >= 4 is 0 Å². The van der Waals surface area contributed by atoms with Crippen molar-refractivity contribution in [2.75, 3.05) is 0 Å². The second-order valence-corrected chi connectivity index (χ2v) is 6.83. The molecular formula is C20H32. The molecule has 1 saturated carbocycles. The molecule has 0 amide bonds. The minimum atomic E-state index is 0.724. The Balaban J connectivity index is 1.75. The van der Waals surface area contributed by atoms with Crippen LogP contribution in [0.2, 0.25) is 0 Å². The molecule has 0 aromatic heterocycles. The van der Waals surface area contributed by atoms with E-state index in [1.54, 1.807) is 16.7 Å². The third kappa shape index (κ3) is 4.36. The Kier molecular flexibility index (Phi) is 6.13. The molecule has 1 unspecified atom stereocenters. The lowest BCUT2D eigenvalue weighted by Gasteiger charge is -2.21. The minimum Gasteiger partial charge on any atom is -0.0773 e. The van der Waals surface area contributed by atoms with Crippen molar-refractivity contribution in [3.63, 3.8) is 0 Å². The number of hydrogen-bond donors (Lipinski definition) is 0. The summed E-state index contributed by atoms with van der Waals surface area (Å²) in [6.07, 6.45) is 19.8. The third-order valence-corrected chi connectivity index (χ3v) is 5.37. The molecule has 0 aromatic carbocycles. The topological polar surface area (TPSA) is 0 Å². The summed E-state index contributed by atoms with van der Waals surface area (Å²) in [5.74, 6) is 1.61. The van der Waals surface area contributed by atoms with Crippen LogP contribution in [0.3, 0.4) is 0 Å². The van der Waals surface area contributed by atoms with Gasteiger partial charge in [0.05, 0.1) is 0 Å². The molecule has 0 heteroatoms. The number of rotatable bonds is 6. The summed E-state index contributed by atoms with van der Waals surface area (Å²) >= 11 is 0. The molecule has 0 bridgehead atoms. The van der Waals surface area contributed by atoms with Gasteiger partial charge in [-0.05, 0) is 69.8 Å². The van der Waals surface area contributed by atoms with Gasteiger partial charge in [0.1, 0.15) is 0 Å². The Labute approximate surface area is 126 Å². The Hall–Kier alpha value is -0.780. The van der Waals surface area contributed by atoms with Crippen LogP contribution in [0.5, 0.6) is 0 Å². The average molecular weight is 272 g/mol. The van der Waals surface area contributed by atoms with Crippen LogP contribution < -0.4 is 0 Å². The monoisotopic (exact) mass is 272 g/mol. The first-order valence-corrected chi connectivity index (χ1v) is 8.75. The van der Waals surface area contributed by atoms with Crippen LogP contribution in [-0.2, 0) is 0 Å². The van der Waals surface area contributed by atoms with E-state index in [1.165, 1.54) is 57.8 Å². The second kappa shape index (κ2) is 7.86. The van der Waals surface area contributed by atoms with Crippen LogP contribution in [-0.4, -0.2) is 0 Å². The Morgan fingerprint density at radius 3 is 2.55 bits per heavy atom. The average Bonchev–Trinajstić information content (AvgIpc) is 2.96. The first kappa shape index (κ1) is 15.6. The molecule has 0 saturated heterocycles. The Bertz CT molecular complexity index is 388. The summed E-state index contributed by atoms with van der Waals surface area (Å²) in [6, 6.07) is 0. The molecule has 0 nitrogen and oxygen atoms in total. The van der Waals surface area contributed by atoms with Gasteiger partial charge in [-0.2, -0.15) is 0 Å². The molecule has 2 aliphatic carbocycles. The molecular weight excluding hydrogens is 240 g/mol. The molecule has 0 heterocycles. The van der Waals surface area contributed by atoms with E-state index >= 15 is 0 Å². The van der Waals surface area contributed by atoms with Gasteiger partial charge in [0.15, 0.2) is 0 Å². The third-order valence-electron chi connectivity index (χ3n) is 5.37. The molecule has 0 aromatic rings. The zero-order chi connectivity index (χ0) is 14.4. The van der Waals surface area contributed by atoms with Crippen molar-refractivity contribution in [1.82, 2.24) is 0 Å². The van der Waals surface area contributed by atoms with Crippen molar-refractivity contribution in [3.05, 3.63) is 34.9 Å². The fraction of sp³-hybridized carbons (Fsp3) is 0.700. The van der Waals surface area contributed by atoms with Crippen LogP contribution in [0, 0.1) is 11.8 Å². The summed E-state index contributed by atoms with van der Waals surface area (Å²) < 4.78 is 0. The zero-order valence-electron chi connectivity index (χ0n) is 13.8. The van der Waals surface area contributed by atoms with E-state index < -0.39 is 0 Å². The van der Waals surface area contributed by atoms with Crippen molar-refractivity contribution in [2.45, 2.75) is 78.6 Å². The molecule has 2 aliphatic rings. The fourth-order valence-electron chi connectivity index (χ4n) is 3.60. The van der Waals surface area contributed by atoms with Gasteiger partial charge >= 0.3 is 0 Å². The van der Waals surface area contributed by atoms with Crippen LogP contribution in [0.4, 0.5) is 0 Å². The van der Waals surface area contributed by atoms with Gasteiger partial charge < -0.3 is 0 Å². The van der Waals surface area contributed by atoms with E-state index in [9.17, 15) is 0 Å². The SMILES string of the molecule is CC/C(C)=C(/C)CCCC1C=CC(C2CCCCC2)=C1. The molecule has 1 atom stereocenters. The summed E-state index contributed by atoms with van der Waals surface area (Å²) in [5, 5.41) is 0. The quantitative estimate of drug-likeness (QED) is 0.478. The molecule has 0 radical (unpaired) electrons. The summed E-state index contributed by atoms with van der Waals surface area (Å²) in [6.45, 7) is 6.86. The molecule has 2 rings (SSSR count). The highest BCUT2D eigenvalue weighted by Gasteiger charge is 2.19. The summed E-state index contributed by atoms with van der Waals surface area (Å²) in [7, 11) is 0. The molecule has 20 heavy (non-hydrogen) atoms. The van der Waals surface area contributed by atoms with Gasteiger partial charge in [-0.1, -0.05) is 55.6 Å². The standard InChI is InChI=1S/C20H32/c1-4-16(2)17(3)9-8-10-18-13-14-20(15-18)19-11-6-5-7-12-19/h13-15,18-19H,4-12H2,1-3H3/b17-16-. The van der Waals surface area contributed by atoms with E-state index in [0.29, 0.717) is 0 Å². The van der Waals surface area contributed by atoms with Crippen LogP contribution in [0.15, 0.2) is 34.9 Å². The summed E-state index contributed by atoms with van der Waals surface area (Å²) in [4.78, 5) is 0. The maximum Gasteiger partial charge on any atom is -0.00442 e. The predicted octanol–water partition coefficient (Wildman–Crippen LogP) is 6.60. The van der Waals surface area contributed by atoms with Gasteiger partial charge in [-0.25, -0.2) is 0 Å². The highest BCUT2D eigenvalue weighted by atomic mass is 14.2. The Morgan fingerprint density at radius 1 is 1.10 bits per heavy atom. The van der Waals surface area contributed by atoms with Gasteiger partial charge in [-0.15, -0.1) is 0 Å². The zero-order valence-corrected chi connectivity index (χ0v) is 13.8. The van der Waals surface area contributed by atoms with Crippen LogP contribution in [0.1, 0.15) is 78.6 Å². The van der Waals surface area contributed by atoms with Gasteiger partial charge in [0.2, 0.25) is 0 Å². The van der Waals surface area contributed by atoms with Gasteiger partial charge in [0.25, 0.3) is 0 Å². The largest absolute Gasteiger partial charge is 0.0773 e. The molecule has 1 fully saturated rings. The van der Waals surface area contributed by atoms with Gasteiger partial charge in [-0.3, -0.25) is 0 Å². The molecule has 0 N–H and O–H groups in total. The lowest BCUT2D eigenvalue weighted by molar-refractivity contribution is 0.408.